The number of aromatic amines is 1. The molecule has 22 heavy (non-hydrogen) atoms. The van der Waals surface area contributed by atoms with Crippen LogP contribution in [0.5, 0.6) is 0 Å². The molecule has 1 aromatic rings. The van der Waals surface area contributed by atoms with E-state index in [0.29, 0.717) is 19.4 Å². The van der Waals surface area contributed by atoms with Crippen LogP contribution in [0.4, 0.5) is 18.0 Å². The number of imidazole rings is 1. The molecule has 2 rings (SSSR count). The van der Waals surface area contributed by atoms with Crippen LogP contribution in [0.2, 0.25) is 0 Å². The molecule has 1 N–H and O–H groups in total. The molecule has 1 aromatic heterocycles. The Kier molecular flexibility index (Phi) is 4.65. The zero-order chi connectivity index (χ0) is 16.7. The summed E-state index contributed by atoms with van der Waals surface area (Å²) in [6.45, 7) is 5.67. The molecule has 1 amide bonds. The van der Waals surface area contributed by atoms with Gasteiger partial charge in [-0.3, -0.25) is 4.90 Å². The molecule has 1 fully saturated rings. The van der Waals surface area contributed by atoms with Gasteiger partial charge < -0.3 is 9.72 Å². The average molecular weight is 431 g/mol. The number of hydrogen-bond acceptors (Lipinski definition) is 3. The largest absolute Gasteiger partial charge is 0.444 e. The van der Waals surface area contributed by atoms with E-state index in [0.717, 1.165) is 0 Å². The Bertz CT molecular complexity index is 566. The number of likely N-dealkylation sites (tertiary alicyclic amines) is 1. The van der Waals surface area contributed by atoms with Crippen LogP contribution in [0.15, 0.2) is 0 Å². The van der Waals surface area contributed by atoms with E-state index in [2.05, 4.69) is 9.97 Å². The number of H-pyrrole nitrogens is 1. The van der Waals surface area contributed by atoms with Crippen LogP contribution in [-0.4, -0.2) is 33.1 Å². The third-order valence-corrected chi connectivity index (χ3v) is 3.94. The molecule has 9 heteroatoms. The second kappa shape index (κ2) is 5.89. The van der Waals surface area contributed by atoms with Crippen molar-refractivity contribution < 1.29 is 22.7 Å². The zero-order valence-electron chi connectivity index (χ0n) is 12.4. The van der Waals surface area contributed by atoms with E-state index in [-0.39, 0.29) is 9.53 Å². The normalized spacial score (nSPS) is 19.6. The predicted molar refractivity (Wildman–Crippen MR) is 81.2 cm³/mol. The second-order valence-electron chi connectivity index (χ2n) is 6.12. The number of halogens is 4. The summed E-state index contributed by atoms with van der Waals surface area (Å²) in [5.41, 5.74) is -1.53. The van der Waals surface area contributed by atoms with Gasteiger partial charge in [0.2, 0.25) is 0 Å². The Morgan fingerprint density at radius 2 is 2.05 bits per heavy atom. The first-order chi connectivity index (χ1) is 9.99. The van der Waals surface area contributed by atoms with E-state index < -0.39 is 29.6 Å². The summed E-state index contributed by atoms with van der Waals surface area (Å²) in [5, 5.41) is 0. The number of ether oxygens (including phenoxy) is 1. The smallest absolute Gasteiger partial charge is 0.433 e. The number of carbonyl (C=O) groups excluding carboxylic acids is 1. The zero-order valence-corrected chi connectivity index (χ0v) is 14.6. The minimum atomic E-state index is -4.49. The summed E-state index contributed by atoms with van der Waals surface area (Å²) >= 11 is 1.54. The molecule has 1 aliphatic heterocycles. The molecule has 1 saturated heterocycles. The number of nitrogens with one attached hydrogen (secondary N) is 1. The molecular weight excluding hydrogens is 414 g/mol. The summed E-state index contributed by atoms with van der Waals surface area (Å²) in [7, 11) is 0. The van der Waals surface area contributed by atoms with Gasteiger partial charge in [-0.15, -0.1) is 0 Å². The minimum absolute atomic E-state index is 0.142. The maximum absolute atomic E-state index is 12.8. The first kappa shape index (κ1) is 17.4. The summed E-state index contributed by atoms with van der Waals surface area (Å²) in [6, 6.07) is -0.514. The maximum Gasteiger partial charge on any atom is 0.433 e. The molecule has 124 valence electrons. The summed E-state index contributed by atoms with van der Waals surface area (Å²) < 4.78 is 43.7. The minimum Gasteiger partial charge on any atom is -0.444 e. The number of aromatic nitrogens is 2. The van der Waals surface area contributed by atoms with Crippen molar-refractivity contribution in [1.29, 1.82) is 0 Å². The highest BCUT2D eigenvalue weighted by atomic mass is 127. The van der Waals surface area contributed by atoms with Crippen molar-refractivity contribution in [2.24, 2.45) is 0 Å². The van der Waals surface area contributed by atoms with Crippen LogP contribution < -0.4 is 0 Å². The molecule has 1 atom stereocenters. The van der Waals surface area contributed by atoms with Gasteiger partial charge in [-0.1, -0.05) is 0 Å². The third kappa shape index (κ3) is 3.85. The topological polar surface area (TPSA) is 58.2 Å². The van der Waals surface area contributed by atoms with Crippen molar-refractivity contribution in [1.82, 2.24) is 14.9 Å². The molecule has 5 nitrogen and oxygen atoms in total. The highest BCUT2D eigenvalue weighted by Gasteiger charge is 2.40. The van der Waals surface area contributed by atoms with Crippen molar-refractivity contribution in [2.45, 2.75) is 51.4 Å². The van der Waals surface area contributed by atoms with Gasteiger partial charge in [0.25, 0.3) is 0 Å². The van der Waals surface area contributed by atoms with Gasteiger partial charge in [0, 0.05) is 6.54 Å². The van der Waals surface area contributed by atoms with Gasteiger partial charge in [0.15, 0.2) is 5.69 Å². The van der Waals surface area contributed by atoms with E-state index in [1.807, 2.05) is 0 Å². The van der Waals surface area contributed by atoms with E-state index in [1.54, 1.807) is 43.4 Å². The summed E-state index contributed by atoms with van der Waals surface area (Å²) in [5.74, 6) is 0.153. The number of hydrogen-bond donors (Lipinski definition) is 1. The van der Waals surface area contributed by atoms with E-state index in [1.165, 1.54) is 4.90 Å². The quantitative estimate of drug-likeness (QED) is 0.682. The van der Waals surface area contributed by atoms with Gasteiger partial charge in [0.1, 0.15) is 15.1 Å². The first-order valence-electron chi connectivity index (χ1n) is 6.81. The van der Waals surface area contributed by atoms with Crippen molar-refractivity contribution in [3.8, 4) is 0 Å². The average Bonchev–Trinajstić information content (AvgIpc) is 2.90. The summed E-state index contributed by atoms with van der Waals surface area (Å²) in [6.07, 6.45) is -3.77. The number of nitrogens with zero attached hydrogens (tertiary/aromatic N) is 2. The van der Waals surface area contributed by atoms with Crippen LogP contribution in [0.3, 0.4) is 0 Å². The second-order valence-corrected chi connectivity index (χ2v) is 7.14. The third-order valence-electron chi connectivity index (χ3n) is 3.16. The SMILES string of the molecule is CC(C)(C)OC(=O)N1CCC[C@H]1c1nc(I)c(C(F)(F)F)[nH]1. The Balaban J connectivity index is 2.23. The molecular formula is C13H17F3IN3O2. The lowest BCUT2D eigenvalue weighted by Gasteiger charge is -2.27. The Labute approximate surface area is 139 Å². The Hall–Kier alpha value is -1.00. The standard InChI is InChI=1S/C13H17F3IN3O2/c1-12(2,3)22-11(21)20-6-4-5-7(20)10-18-8(9(17)19-10)13(14,15)16/h7H,4-6H2,1-3H3,(H,18,19)/t7-/m0/s1. The Morgan fingerprint density at radius 3 is 2.55 bits per heavy atom. The first-order valence-corrected chi connectivity index (χ1v) is 7.89. The number of carbonyl (C=O) groups is 1. The van der Waals surface area contributed by atoms with Gasteiger partial charge in [-0.25, -0.2) is 9.78 Å². The summed E-state index contributed by atoms with van der Waals surface area (Å²) in [4.78, 5) is 19.9. The molecule has 0 spiro atoms. The molecule has 0 unspecified atom stereocenters. The molecule has 0 aliphatic carbocycles. The number of amides is 1. The molecule has 2 heterocycles. The lowest BCUT2D eigenvalue weighted by atomic mass is 10.2. The van der Waals surface area contributed by atoms with Crippen molar-refractivity contribution in [3.05, 3.63) is 15.2 Å². The molecule has 0 radical (unpaired) electrons. The molecule has 0 aromatic carbocycles. The molecule has 0 saturated carbocycles. The van der Waals surface area contributed by atoms with Crippen LogP contribution in [0.1, 0.15) is 51.2 Å². The number of alkyl halides is 3. The van der Waals surface area contributed by atoms with Crippen LogP contribution in [-0.2, 0) is 10.9 Å². The van der Waals surface area contributed by atoms with Crippen LogP contribution in [0.25, 0.3) is 0 Å². The van der Waals surface area contributed by atoms with Crippen LogP contribution in [0, 0.1) is 3.70 Å². The highest BCUT2D eigenvalue weighted by Crippen LogP contribution is 2.36. The predicted octanol–water partition coefficient (Wildman–Crippen LogP) is 4.11. The van der Waals surface area contributed by atoms with Gasteiger partial charge in [-0.05, 0) is 56.2 Å². The van der Waals surface area contributed by atoms with Crippen molar-refractivity contribution in [2.75, 3.05) is 6.54 Å². The van der Waals surface area contributed by atoms with Gasteiger partial charge in [0.05, 0.1) is 6.04 Å². The van der Waals surface area contributed by atoms with Crippen LogP contribution >= 0.6 is 22.6 Å². The van der Waals surface area contributed by atoms with Gasteiger partial charge >= 0.3 is 12.3 Å². The van der Waals surface area contributed by atoms with Crippen molar-refractivity contribution in [3.63, 3.8) is 0 Å². The van der Waals surface area contributed by atoms with E-state index in [4.69, 9.17) is 4.74 Å². The highest BCUT2D eigenvalue weighted by molar-refractivity contribution is 14.1. The van der Waals surface area contributed by atoms with E-state index >= 15 is 0 Å². The fraction of sp³-hybridized carbons (Fsp3) is 0.692. The molecule has 0 bridgehead atoms. The Morgan fingerprint density at radius 1 is 1.41 bits per heavy atom. The fourth-order valence-electron chi connectivity index (χ4n) is 2.30. The fourth-order valence-corrected chi connectivity index (χ4v) is 3.01. The molecule has 1 aliphatic rings. The lowest BCUT2D eigenvalue weighted by molar-refractivity contribution is -0.141. The number of rotatable bonds is 1. The maximum atomic E-state index is 12.8. The van der Waals surface area contributed by atoms with E-state index in [9.17, 15) is 18.0 Å². The van der Waals surface area contributed by atoms with Gasteiger partial charge in [-0.2, -0.15) is 13.2 Å². The monoisotopic (exact) mass is 431 g/mol. The van der Waals surface area contributed by atoms with Crippen molar-refractivity contribution >= 4 is 28.7 Å². The lowest BCUT2D eigenvalue weighted by Crippen LogP contribution is -2.36.